The zero-order chi connectivity index (χ0) is 11.5. The summed E-state index contributed by atoms with van der Waals surface area (Å²) in [6.45, 7) is 0.953. The summed E-state index contributed by atoms with van der Waals surface area (Å²) in [7, 11) is 0. The van der Waals surface area contributed by atoms with Crippen LogP contribution < -0.4 is 11.1 Å². The van der Waals surface area contributed by atoms with E-state index in [2.05, 4.69) is 10.3 Å². The molecule has 0 aliphatic rings. The van der Waals surface area contributed by atoms with Crippen LogP contribution in [0.15, 0.2) is 5.38 Å². The molecule has 0 bridgehead atoms. The molecule has 0 fully saturated rings. The van der Waals surface area contributed by atoms with Crippen molar-refractivity contribution in [2.75, 3.05) is 18.9 Å². The van der Waals surface area contributed by atoms with Crippen LogP contribution in [-0.4, -0.2) is 39.9 Å². The molecule has 1 rings (SSSR count). The molecule has 84 valence electrons. The number of aliphatic hydroxyl groups excluding tert-OH is 1. The number of nitrogen functional groups attached to an aromatic ring is 1. The molecular weight excluding hydrogens is 218 g/mol. The molecule has 1 unspecified atom stereocenters. The van der Waals surface area contributed by atoms with E-state index in [-0.39, 0.29) is 12.2 Å². The topological polar surface area (TPSA) is 108 Å². The molecule has 1 atom stereocenters. The van der Waals surface area contributed by atoms with Crippen molar-refractivity contribution < 1.29 is 15.0 Å². The smallest absolute Gasteiger partial charge is 0.270 e. The normalized spacial score (nSPS) is 14.6. The minimum atomic E-state index is -1.32. The molecule has 1 aromatic rings. The monoisotopic (exact) mass is 231 g/mol. The highest BCUT2D eigenvalue weighted by Crippen LogP contribution is 2.10. The number of carbonyl (C=O) groups is 1. The summed E-state index contributed by atoms with van der Waals surface area (Å²) in [6.07, 6.45) is 0. The van der Waals surface area contributed by atoms with E-state index in [0.29, 0.717) is 5.13 Å². The Morgan fingerprint density at radius 1 is 1.80 bits per heavy atom. The Kier molecular flexibility index (Phi) is 3.61. The van der Waals surface area contributed by atoms with E-state index in [9.17, 15) is 9.90 Å². The van der Waals surface area contributed by atoms with Gasteiger partial charge in [0.15, 0.2) is 5.13 Å². The van der Waals surface area contributed by atoms with Crippen molar-refractivity contribution in [1.82, 2.24) is 10.3 Å². The molecule has 7 heteroatoms. The Morgan fingerprint density at radius 2 is 2.47 bits per heavy atom. The third-order valence-electron chi connectivity index (χ3n) is 1.72. The third kappa shape index (κ3) is 3.46. The maximum Gasteiger partial charge on any atom is 0.270 e. The number of carbonyl (C=O) groups excluding carboxylic acids is 1. The summed E-state index contributed by atoms with van der Waals surface area (Å²) in [5.74, 6) is -0.420. The van der Waals surface area contributed by atoms with E-state index in [0.717, 1.165) is 0 Å². The van der Waals surface area contributed by atoms with Crippen LogP contribution in [0.4, 0.5) is 5.13 Å². The molecule has 0 aliphatic heterocycles. The van der Waals surface area contributed by atoms with Gasteiger partial charge >= 0.3 is 0 Å². The Labute approximate surface area is 90.8 Å². The molecule has 6 nitrogen and oxygen atoms in total. The second-order valence-electron chi connectivity index (χ2n) is 3.41. The van der Waals surface area contributed by atoms with Crippen molar-refractivity contribution in [3.05, 3.63) is 11.1 Å². The first-order chi connectivity index (χ1) is 6.94. The van der Waals surface area contributed by atoms with Crippen LogP contribution in [0.5, 0.6) is 0 Å². The lowest BCUT2D eigenvalue weighted by molar-refractivity contribution is 0.00317. The molecule has 0 saturated carbocycles. The summed E-state index contributed by atoms with van der Waals surface area (Å²) in [4.78, 5) is 15.2. The highest BCUT2D eigenvalue weighted by atomic mass is 32.1. The van der Waals surface area contributed by atoms with Gasteiger partial charge in [-0.15, -0.1) is 11.3 Å². The van der Waals surface area contributed by atoms with Gasteiger partial charge in [-0.25, -0.2) is 4.98 Å². The van der Waals surface area contributed by atoms with E-state index < -0.39 is 18.1 Å². The van der Waals surface area contributed by atoms with E-state index in [1.807, 2.05) is 0 Å². The van der Waals surface area contributed by atoms with Gasteiger partial charge in [0, 0.05) is 11.9 Å². The van der Waals surface area contributed by atoms with Crippen LogP contribution in [0.1, 0.15) is 17.4 Å². The van der Waals surface area contributed by atoms with Crippen LogP contribution in [0, 0.1) is 0 Å². The van der Waals surface area contributed by atoms with Gasteiger partial charge in [0.05, 0.1) is 6.61 Å². The van der Waals surface area contributed by atoms with Gasteiger partial charge < -0.3 is 21.3 Å². The summed E-state index contributed by atoms with van der Waals surface area (Å²) in [5.41, 5.74) is 4.25. The molecule has 0 saturated heterocycles. The zero-order valence-corrected chi connectivity index (χ0v) is 9.04. The van der Waals surface area contributed by atoms with Crippen molar-refractivity contribution in [3.63, 3.8) is 0 Å². The summed E-state index contributed by atoms with van der Waals surface area (Å²) >= 11 is 1.17. The predicted molar refractivity (Wildman–Crippen MR) is 56.6 cm³/mol. The van der Waals surface area contributed by atoms with Crippen LogP contribution >= 0.6 is 11.3 Å². The second-order valence-corrected chi connectivity index (χ2v) is 4.30. The number of nitrogens with zero attached hydrogens (tertiary/aromatic N) is 1. The first-order valence-corrected chi connectivity index (χ1v) is 5.15. The van der Waals surface area contributed by atoms with E-state index in [4.69, 9.17) is 10.8 Å². The Morgan fingerprint density at radius 3 is 2.93 bits per heavy atom. The van der Waals surface area contributed by atoms with Gasteiger partial charge in [0.2, 0.25) is 0 Å². The van der Waals surface area contributed by atoms with Crippen molar-refractivity contribution in [2.45, 2.75) is 12.5 Å². The summed E-state index contributed by atoms with van der Waals surface area (Å²) in [6, 6.07) is 0. The van der Waals surface area contributed by atoms with E-state index in [1.165, 1.54) is 23.6 Å². The van der Waals surface area contributed by atoms with E-state index in [1.54, 1.807) is 0 Å². The quantitative estimate of drug-likeness (QED) is 0.542. The largest absolute Gasteiger partial charge is 0.393 e. The fourth-order valence-electron chi connectivity index (χ4n) is 0.809. The molecule has 0 radical (unpaired) electrons. The molecule has 15 heavy (non-hydrogen) atoms. The molecule has 1 heterocycles. The van der Waals surface area contributed by atoms with Gasteiger partial charge in [0.1, 0.15) is 11.3 Å². The first kappa shape index (κ1) is 11.9. The highest BCUT2D eigenvalue weighted by Gasteiger charge is 2.20. The summed E-state index contributed by atoms with van der Waals surface area (Å²) in [5, 5.41) is 22.4. The van der Waals surface area contributed by atoms with E-state index >= 15 is 0 Å². The number of aromatic nitrogens is 1. The van der Waals surface area contributed by atoms with Gasteiger partial charge in [-0.2, -0.15) is 0 Å². The number of nitrogens with two attached hydrogens (primary N) is 1. The molecule has 1 amide bonds. The standard InChI is InChI=1S/C8H13N3O3S/c1-8(14,4-12)3-10-6(13)5-2-15-7(9)11-5/h2,12,14H,3-4H2,1H3,(H2,9,11)(H,10,13). The number of amides is 1. The molecule has 0 spiro atoms. The SMILES string of the molecule is CC(O)(CO)CNC(=O)c1csc(N)n1. The van der Waals surface area contributed by atoms with Gasteiger partial charge in [0.25, 0.3) is 5.91 Å². The minimum Gasteiger partial charge on any atom is -0.393 e. The predicted octanol–water partition coefficient (Wildman–Crippen LogP) is -0.802. The fourth-order valence-corrected chi connectivity index (χ4v) is 1.35. The average molecular weight is 231 g/mol. The molecule has 5 N–H and O–H groups in total. The lowest BCUT2D eigenvalue weighted by Gasteiger charge is -2.20. The number of thiazole rings is 1. The number of hydrogen-bond acceptors (Lipinski definition) is 6. The number of nitrogens with one attached hydrogen (secondary N) is 1. The van der Waals surface area contributed by atoms with Gasteiger partial charge in [-0.05, 0) is 6.92 Å². The molecule has 1 aromatic heterocycles. The highest BCUT2D eigenvalue weighted by molar-refractivity contribution is 7.13. The van der Waals surface area contributed by atoms with Crippen molar-refractivity contribution in [2.24, 2.45) is 0 Å². The minimum absolute atomic E-state index is 0.0419. The number of rotatable bonds is 4. The fraction of sp³-hybridized carbons (Fsp3) is 0.500. The van der Waals surface area contributed by atoms with Crippen LogP contribution in [0.25, 0.3) is 0 Å². The van der Waals surface area contributed by atoms with Crippen molar-refractivity contribution in [1.29, 1.82) is 0 Å². The lowest BCUT2D eigenvalue weighted by atomic mass is 10.1. The van der Waals surface area contributed by atoms with Crippen LogP contribution in [0.3, 0.4) is 0 Å². The Balaban J connectivity index is 2.50. The third-order valence-corrected chi connectivity index (χ3v) is 2.40. The molecule has 0 aliphatic carbocycles. The lowest BCUT2D eigenvalue weighted by Crippen LogP contribution is -2.43. The second kappa shape index (κ2) is 4.56. The maximum atomic E-state index is 11.4. The van der Waals surface area contributed by atoms with Crippen molar-refractivity contribution >= 4 is 22.4 Å². The molecule has 0 aromatic carbocycles. The maximum absolute atomic E-state index is 11.4. The molecular formula is C8H13N3O3S. The zero-order valence-electron chi connectivity index (χ0n) is 8.23. The number of anilines is 1. The Hall–Kier alpha value is -1.18. The van der Waals surface area contributed by atoms with Crippen molar-refractivity contribution in [3.8, 4) is 0 Å². The Bertz CT molecular complexity index is 351. The van der Waals surface area contributed by atoms with Crippen LogP contribution in [0.2, 0.25) is 0 Å². The average Bonchev–Trinajstić information content (AvgIpc) is 2.61. The van der Waals surface area contributed by atoms with Gasteiger partial charge in [-0.1, -0.05) is 0 Å². The number of aliphatic hydroxyl groups is 2. The number of hydrogen-bond donors (Lipinski definition) is 4. The first-order valence-electron chi connectivity index (χ1n) is 4.27. The van der Waals surface area contributed by atoms with Crippen LogP contribution in [-0.2, 0) is 0 Å². The summed E-state index contributed by atoms with van der Waals surface area (Å²) < 4.78 is 0. The van der Waals surface area contributed by atoms with Gasteiger partial charge in [-0.3, -0.25) is 4.79 Å².